The van der Waals surface area contributed by atoms with E-state index in [2.05, 4.69) is 0 Å². The van der Waals surface area contributed by atoms with Gasteiger partial charge >= 0.3 is 0 Å². The standard InChI is InChI=1S/C16H23NO2/c17-14-6-2-3-7-15(14)18-12-13-8-11-16(19-13)9-4-1-5-10-16/h2-3,6-7,13H,1,4-5,8-12,17H2. The van der Waals surface area contributed by atoms with Crippen molar-refractivity contribution >= 4 is 5.69 Å². The molecule has 1 aliphatic carbocycles. The van der Waals surface area contributed by atoms with Crippen LogP contribution in [0, 0.1) is 0 Å². The summed E-state index contributed by atoms with van der Waals surface area (Å²) in [6.45, 7) is 0.621. The molecule has 2 N–H and O–H groups in total. The van der Waals surface area contributed by atoms with E-state index < -0.39 is 0 Å². The third kappa shape index (κ3) is 2.86. The molecule has 1 spiro atoms. The molecule has 1 saturated carbocycles. The fourth-order valence-electron chi connectivity index (χ4n) is 3.37. The summed E-state index contributed by atoms with van der Waals surface area (Å²) in [5.74, 6) is 0.774. The van der Waals surface area contributed by atoms with E-state index in [1.54, 1.807) is 0 Å². The van der Waals surface area contributed by atoms with Crippen molar-refractivity contribution in [2.75, 3.05) is 12.3 Å². The van der Waals surface area contributed by atoms with Crippen LogP contribution in [0.2, 0.25) is 0 Å². The predicted octanol–water partition coefficient (Wildman–Crippen LogP) is 3.53. The maximum atomic E-state index is 6.29. The summed E-state index contributed by atoms with van der Waals surface area (Å²) in [7, 11) is 0. The van der Waals surface area contributed by atoms with Crippen molar-refractivity contribution in [2.45, 2.75) is 56.7 Å². The molecule has 1 atom stereocenters. The number of hydrogen-bond acceptors (Lipinski definition) is 3. The SMILES string of the molecule is Nc1ccccc1OCC1CCC2(CCCCC2)O1. The summed E-state index contributed by atoms with van der Waals surface area (Å²) in [6.07, 6.45) is 9.02. The third-order valence-electron chi connectivity index (χ3n) is 4.45. The third-order valence-corrected chi connectivity index (χ3v) is 4.45. The molecule has 1 unspecified atom stereocenters. The highest BCUT2D eigenvalue weighted by molar-refractivity contribution is 5.51. The van der Waals surface area contributed by atoms with Gasteiger partial charge in [-0.25, -0.2) is 0 Å². The van der Waals surface area contributed by atoms with E-state index in [1.165, 1.54) is 38.5 Å². The monoisotopic (exact) mass is 261 g/mol. The largest absolute Gasteiger partial charge is 0.489 e. The number of rotatable bonds is 3. The van der Waals surface area contributed by atoms with Gasteiger partial charge in [-0.1, -0.05) is 31.4 Å². The van der Waals surface area contributed by atoms with Crippen LogP contribution in [0.1, 0.15) is 44.9 Å². The summed E-state index contributed by atoms with van der Waals surface area (Å²) in [5.41, 5.74) is 6.75. The first kappa shape index (κ1) is 12.8. The van der Waals surface area contributed by atoms with Crippen molar-refractivity contribution in [3.05, 3.63) is 24.3 Å². The van der Waals surface area contributed by atoms with Gasteiger partial charge in [-0.05, 0) is 37.8 Å². The van der Waals surface area contributed by atoms with E-state index in [0.717, 1.165) is 12.2 Å². The Morgan fingerprint density at radius 1 is 1.16 bits per heavy atom. The summed E-state index contributed by atoms with van der Waals surface area (Å²) in [5, 5.41) is 0. The molecule has 1 heterocycles. The minimum atomic E-state index is 0.175. The highest BCUT2D eigenvalue weighted by atomic mass is 16.6. The van der Waals surface area contributed by atoms with Crippen LogP contribution in [0.15, 0.2) is 24.3 Å². The molecule has 2 aliphatic rings. The normalized spacial score (nSPS) is 25.6. The van der Waals surface area contributed by atoms with Crippen LogP contribution in [0.5, 0.6) is 5.75 Å². The van der Waals surface area contributed by atoms with Gasteiger partial charge in [0, 0.05) is 0 Å². The molecule has 0 radical (unpaired) electrons. The highest BCUT2D eigenvalue weighted by Gasteiger charge is 2.40. The van der Waals surface area contributed by atoms with Gasteiger partial charge < -0.3 is 15.2 Å². The number of anilines is 1. The van der Waals surface area contributed by atoms with Crippen molar-refractivity contribution < 1.29 is 9.47 Å². The molecule has 0 aromatic heterocycles. The number of ether oxygens (including phenoxy) is 2. The van der Waals surface area contributed by atoms with Crippen molar-refractivity contribution in [3.63, 3.8) is 0 Å². The molecule has 104 valence electrons. The maximum Gasteiger partial charge on any atom is 0.142 e. The number of hydrogen-bond donors (Lipinski definition) is 1. The number of para-hydroxylation sites is 2. The summed E-state index contributed by atoms with van der Waals surface area (Å²) in [6, 6.07) is 7.66. The van der Waals surface area contributed by atoms with Gasteiger partial charge in [0.15, 0.2) is 0 Å². The lowest BCUT2D eigenvalue weighted by molar-refractivity contribution is -0.0748. The lowest BCUT2D eigenvalue weighted by atomic mass is 9.83. The minimum absolute atomic E-state index is 0.175. The Morgan fingerprint density at radius 2 is 1.95 bits per heavy atom. The van der Waals surface area contributed by atoms with Crippen molar-refractivity contribution in [2.24, 2.45) is 0 Å². The van der Waals surface area contributed by atoms with Gasteiger partial charge in [0.05, 0.1) is 17.4 Å². The van der Waals surface area contributed by atoms with Crippen LogP contribution in [0.3, 0.4) is 0 Å². The van der Waals surface area contributed by atoms with E-state index in [4.69, 9.17) is 15.2 Å². The molecule has 1 aromatic carbocycles. The van der Waals surface area contributed by atoms with E-state index in [1.807, 2.05) is 24.3 Å². The van der Waals surface area contributed by atoms with Crippen LogP contribution in [0.4, 0.5) is 5.69 Å². The van der Waals surface area contributed by atoms with Crippen LogP contribution >= 0.6 is 0 Å². The molecule has 3 rings (SSSR count). The zero-order valence-electron chi connectivity index (χ0n) is 11.4. The smallest absolute Gasteiger partial charge is 0.142 e. The molecule has 1 aliphatic heterocycles. The first-order valence-corrected chi connectivity index (χ1v) is 7.43. The topological polar surface area (TPSA) is 44.5 Å². The highest BCUT2D eigenvalue weighted by Crippen LogP contribution is 2.42. The Labute approximate surface area is 115 Å². The average molecular weight is 261 g/mol. The predicted molar refractivity (Wildman–Crippen MR) is 76.3 cm³/mol. The lowest BCUT2D eigenvalue weighted by Gasteiger charge is -2.33. The van der Waals surface area contributed by atoms with Gasteiger partial charge in [0.2, 0.25) is 0 Å². The van der Waals surface area contributed by atoms with E-state index in [-0.39, 0.29) is 11.7 Å². The van der Waals surface area contributed by atoms with Crippen molar-refractivity contribution in [1.29, 1.82) is 0 Å². The Hall–Kier alpha value is -1.22. The molecule has 3 nitrogen and oxygen atoms in total. The molecule has 1 aromatic rings. The number of benzene rings is 1. The molecule has 1 saturated heterocycles. The molecule has 2 fully saturated rings. The molecule has 19 heavy (non-hydrogen) atoms. The Balaban J connectivity index is 1.53. The van der Waals surface area contributed by atoms with Gasteiger partial charge in [0.1, 0.15) is 12.4 Å². The fourth-order valence-corrected chi connectivity index (χ4v) is 3.37. The molecule has 0 bridgehead atoms. The molecular weight excluding hydrogens is 238 g/mol. The lowest BCUT2D eigenvalue weighted by Crippen LogP contribution is -2.32. The molecule has 0 amide bonds. The van der Waals surface area contributed by atoms with Crippen LogP contribution in [0.25, 0.3) is 0 Å². The van der Waals surface area contributed by atoms with Crippen LogP contribution < -0.4 is 10.5 Å². The fraction of sp³-hybridized carbons (Fsp3) is 0.625. The van der Waals surface area contributed by atoms with Crippen molar-refractivity contribution in [3.8, 4) is 5.75 Å². The van der Waals surface area contributed by atoms with Gasteiger partial charge in [-0.2, -0.15) is 0 Å². The first-order chi connectivity index (χ1) is 9.27. The summed E-state index contributed by atoms with van der Waals surface area (Å²) >= 11 is 0. The van der Waals surface area contributed by atoms with Gasteiger partial charge in [-0.3, -0.25) is 0 Å². The molecular formula is C16H23NO2. The summed E-state index contributed by atoms with van der Waals surface area (Å²) in [4.78, 5) is 0. The Morgan fingerprint density at radius 3 is 2.74 bits per heavy atom. The Kier molecular flexibility index (Phi) is 3.65. The summed E-state index contributed by atoms with van der Waals surface area (Å²) < 4.78 is 12.1. The number of nitrogens with two attached hydrogens (primary N) is 1. The van der Waals surface area contributed by atoms with Crippen LogP contribution in [-0.2, 0) is 4.74 Å². The van der Waals surface area contributed by atoms with Gasteiger partial charge in [-0.15, -0.1) is 0 Å². The second-order valence-corrected chi connectivity index (χ2v) is 5.87. The quantitative estimate of drug-likeness (QED) is 0.847. The average Bonchev–Trinajstić information content (AvgIpc) is 2.82. The second kappa shape index (κ2) is 5.41. The zero-order valence-corrected chi connectivity index (χ0v) is 11.4. The van der Waals surface area contributed by atoms with Crippen LogP contribution in [-0.4, -0.2) is 18.3 Å². The number of nitrogen functional groups attached to an aromatic ring is 1. The molecule has 3 heteroatoms. The zero-order chi connectivity index (χ0) is 13.1. The van der Waals surface area contributed by atoms with E-state index >= 15 is 0 Å². The maximum absolute atomic E-state index is 6.29. The van der Waals surface area contributed by atoms with E-state index in [9.17, 15) is 0 Å². The van der Waals surface area contributed by atoms with Crippen molar-refractivity contribution in [1.82, 2.24) is 0 Å². The van der Waals surface area contributed by atoms with Gasteiger partial charge in [0.25, 0.3) is 0 Å². The Bertz CT molecular complexity index is 427. The second-order valence-electron chi connectivity index (χ2n) is 5.87. The first-order valence-electron chi connectivity index (χ1n) is 7.43. The van der Waals surface area contributed by atoms with E-state index in [0.29, 0.717) is 12.3 Å². The minimum Gasteiger partial charge on any atom is -0.489 e.